The molecule has 0 radical (unpaired) electrons. The average molecular weight is 638 g/mol. The van der Waals surface area contributed by atoms with Crippen molar-refractivity contribution in [1.82, 2.24) is 9.88 Å². The maximum atomic E-state index is 11.8. The van der Waals surface area contributed by atoms with Crippen LogP contribution < -0.4 is 9.47 Å². The van der Waals surface area contributed by atoms with Gasteiger partial charge >= 0.3 is 6.09 Å². The van der Waals surface area contributed by atoms with Crippen LogP contribution in [-0.4, -0.2) is 60.6 Å². The van der Waals surface area contributed by atoms with Crippen molar-refractivity contribution in [3.05, 3.63) is 93.6 Å². The van der Waals surface area contributed by atoms with Gasteiger partial charge in [-0.2, -0.15) is 0 Å². The van der Waals surface area contributed by atoms with Crippen molar-refractivity contribution in [3.8, 4) is 11.5 Å². The van der Waals surface area contributed by atoms with Crippen LogP contribution in [-0.2, 0) is 22.7 Å². The normalized spacial score (nSPS) is 17.0. The highest BCUT2D eigenvalue weighted by molar-refractivity contribution is 9.10. The standard InChI is InChI=1S/C33H37BrN2O6/c1-22-18-24-8-9-26(31(34)32(24)35-22)21-42-30-19-36(33(37)38)15-14-28(30)23-10-12-27(13-11-23)41-17-5-16-40-20-25-6-3-4-7-29(25)39-2/h3-4,6-13,18,28,30,35H,5,14-17,19-21H2,1-2H3,(H,37,38). The minimum Gasteiger partial charge on any atom is -0.496 e. The minimum atomic E-state index is -0.915. The molecule has 0 aliphatic carbocycles. The Labute approximate surface area is 254 Å². The summed E-state index contributed by atoms with van der Waals surface area (Å²) in [6.45, 7) is 4.85. The second-order valence-electron chi connectivity index (χ2n) is 10.6. The number of ether oxygens (including phenoxy) is 4. The second kappa shape index (κ2) is 14.1. The molecule has 1 amide bonds. The second-order valence-corrected chi connectivity index (χ2v) is 11.4. The van der Waals surface area contributed by atoms with Gasteiger partial charge in [0.05, 0.1) is 51.7 Å². The number of halogens is 1. The SMILES string of the molecule is COc1ccccc1COCCCOc1ccc(C2CCN(C(=O)O)CC2OCc2ccc3cc(C)[nH]c3c2Br)cc1. The molecule has 2 unspecified atom stereocenters. The number of hydrogen-bond acceptors (Lipinski definition) is 5. The number of methoxy groups -OCH3 is 1. The third-order valence-corrected chi connectivity index (χ3v) is 8.60. The van der Waals surface area contributed by atoms with Crippen molar-refractivity contribution >= 4 is 32.9 Å². The van der Waals surface area contributed by atoms with Crippen LogP contribution in [0, 0.1) is 6.92 Å². The number of nitrogens with zero attached hydrogens (tertiary/aromatic N) is 1. The molecule has 4 aromatic rings. The van der Waals surface area contributed by atoms with Crippen LogP contribution in [0.1, 0.15) is 41.1 Å². The number of para-hydroxylation sites is 1. The number of hydrogen-bond donors (Lipinski definition) is 2. The molecule has 2 atom stereocenters. The maximum absolute atomic E-state index is 11.8. The van der Waals surface area contributed by atoms with E-state index in [1.54, 1.807) is 7.11 Å². The molecule has 2 heterocycles. The van der Waals surface area contributed by atoms with E-state index >= 15 is 0 Å². The van der Waals surface area contributed by atoms with Gasteiger partial charge in [0.1, 0.15) is 11.5 Å². The van der Waals surface area contributed by atoms with Crippen molar-refractivity contribution in [1.29, 1.82) is 0 Å². The molecule has 0 saturated carbocycles. The van der Waals surface area contributed by atoms with E-state index in [1.807, 2.05) is 43.3 Å². The number of H-pyrrole nitrogens is 1. The predicted molar refractivity (Wildman–Crippen MR) is 165 cm³/mol. The fourth-order valence-electron chi connectivity index (χ4n) is 5.46. The van der Waals surface area contributed by atoms with Crippen LogP contribution in [0.5, 0.6) is 11.5 Å². The van der Waals surface area contributed by atoms with Crippen molar-refractivity contribution in [2.45, 2.75) is 45.0 Å². The highest BCUT2D eigenvalue weighted by atomic mass is 79.9. The van der Waals surface area contributed by atoms with Gasteiger partial charge in [-0.3, -0.25) is 0 Å². The molecule has 222 valence electrons. The lowest BCUT2D eigenvalue weighted by molar-refractivity contribution is -0.0201. The number of piperidine rings is 1. The maximum Gasteiger partial charge on any atom is 0.407 e. The van der Waals surface area contributed by atoms with Crippen LogP contribution >= 0.6 is 15.9 Å². The summed E-state index contributed by atoms with van der Waals surface area (Å²) in [6, 6.07) is 22.2. The number of carbonyl (C=O) groups is 1. The number of amides is 1. The molecule has 1 aromatic heterocycles. The van der Waals surface area contributed by atoms with Gasteiger partial charge in [0.2, 0.25) is 0 Å². The highest BCUT2D eigenvalue weighted by Crippen LogP contribution is 2.34. The van der Waals surface area contributed by atoms with E-state index in [0.717, 1.165) is 55.7 Å². The van der Waals surface area contributed by atoms with Crippen LogP contribution in [0.4, 0.5) is 4.79 Å². The predicted octanol–water partition coefficient (Wildman–Crippen LogP) is 7.29. The molecule has 2 N–H and O–H groups in total. The van der Waals surface area contributed by atoms with Crippen LogP contribution in [0.15, 0.2) is 71.2 Å². The number of carboxylic acid groups (broad SMARTS) is 1. The van der Waals surface area contributed by atoms with E-state index in [-0.39, 0.29) is 12.0 Å². The van der Waals surface area contributed by atoms with E-state index in [9.17, 15) is 9.90 Å². The third kappa shape index (κ3) is 7.27. The smallest absolute Gasteiger partial charge is 0.407 e. The molecule has 1 fully saturated rings. The zero-order valence-electron chi connectivity index (χ0n) is 24.0. The summed E-state index contributed by atoms with van der Waals surface area (Å²) in [6.07, 6.45) is 0.276. The Morgan fingerprint density at radius 1 is 1.05 bits per heavy atom. The Bertz CT molecular complexity index is 1490. The number of rotatable bonds is 12. The summed E-state index contributed by atoms with van der Waals surface area (Å²) in [5.41, 5.74) is 5.30. The van der Waals surface area contributed by atoms with E-state index in [1.165, 1.54) is 4.90 Å². The van der Waals surface area contributed by atoms with Gasteiger partial charge in [-0.15, -0.1) is 0 Å². The summed E-state index contributed by atoms with van der Waals surface area (Å²) in [5, 5.41) is 10.8. The monoisotopic (exact) mass is 636 g/mol. The lowest BCUT2D eigenvalue weighted by Crippen LogP contribution is -2.46. The summed E-state index contributed by atoms with van der Waals surface area (Å²) in [5.74, 6) is 1.70. The van der Waals surface area contributed by atoms with Crippen LogP contribution in [0.3, 0.4) is 0 Å². The molecular formula is C33H37BrN2O6. The third-order valence-electron chi connectivity index (χ3n) is 7.69. The quantitative estimate of drug-likeness (QED) is 0.159. The van der Waals surface area contributed by atoms with Gasteiger partial charge in [0.25, 0.3) is 0 Å². The number of aromatic nitrogens is 1. The number of nitrogens with one attached hydrogen (secondary N) is 1. The number of aryl methyl sites for hydroxylation is 1. The van der Waals surface area contributed by atoms with Crippen molar-refractivity contribution in [2.75, 3.05) is 33.4 Å². The van der Waals surface area contributed by atoms with Gasteiger partial charge in [-0.1, -0.05) is 42.5 Å². The minimum absolute atomic E-state index is 0.0771. The molecular weight excluding hydrogens is 600 g/mol. The van der Waals surface area contributed by atoms with Gasteiger partial charge in [-0.25, -0.2) is 4.79 Å². The first-order valence-electron chi connectivity index (χ1n) is 14.2. The summed E-state index contributed by atoms with van der Waals surface area (Å²) < 4.78 is 24.5. The number of aromatic amines is 1. The Morgan fingerprint density at radius 2 is 1.86 bits per heavy atom. The molecule has 1 aliphatic rings. The lowest BCUT2D eigenvalue weighted by Gasteiger charge is -2.37. The molecule has 42 heavy (non-hydrogen) atoms. The van der Waals surface area contributed by atoms with Gasteiger partial charge < -0.3 is 33.9 Å². The molecule has 1 aliphatic heterocycles. The Hall–Kier alpha value is -3.53. The van der Waals surface area contributed by atoms with Crippen molar-refractivity contribution in [3.63, 3.8) is 0 Å². The van der Waals surface area contributed by atoms with E-state index < -0.39 is 6.09 Å². The Morgan fingerprint density at radius 3 is 2.64 bits per heavy atom. The number of likely N-dealkylation sites (tertiary alicyclic amines) is 1. The number of fused-ring (bicyclic) bond motifs is 1. The first kappa shape index (κ1) is 29.9. The van der Waals surface area contributed by atoms with Gasteiger partial charge in [0, 0.05) is 40.0 Å². The first-order chi connectivity index (χ1) is 20.4. The fraction of sp³-hybridized carbons (Fsp3) is 0.364. The summed E-state index contributed by atoms with van der Waals surface area (Å²) in [7, 11) is 1.66. The zero-order valence-corrected chi connectivity index (χ0v) is 25.6. The van der Waals surface area contributed by atoms with Crippen LogP contribution in [0.2, 0.25) is 0 Å². The topological polar surface area (TPSA) is 93.2 Å². The van der Waals surface area contributed by atoms with Crippen LogP contribution in [0.25, 0.3) is 10.9 Å². The fourth-order valence-corrected chi connectivity index (χ4v) is 6.04. The Kier molecular flexibility index (Phi) is 10.0. The molecule has 5 rings (SSSR count). The van der Waals surface area contributed by atoms with E-state index in [2.05, 4.69) is 51.2 Å². The molecule has 9 heteroatoms. The molecule has 0 spiro atoms. The lowest BCUT2D eigenvalue weighted by atomic mass is 9.87. The summed E-state index contributed by atoms with van der Waals surface area (Å²) in [4.78, 5) is 16.6. The van der Waals surface area contributed by atoms with E-state index in [4.69, 9.17) is 18.9 Å². The van der Waals surface area contributed by atoms with Gasteiger partial charge in [0.15, 0.2) is 0 Å². The largest absolute Gasteiger partial charge is 0.496 e. The first-order valence-corrected chi connectivity index (χ1v) is 15.0. The number of benzene rings is 3. The average Bonchev–Trinajstić information content (AvgIpc) is 3.40. The molecule has 0 bridgehead atoms. The zero-order chi connectivity index (χ0) is 29.5. The molecule has 1 saturated heterocycles. The Balaban J connectivity index is 1.15. The highest BCUT2D eigenvalue weighted by Gasteiger charge is 2.33. The van der Waals surface area contributed by atoms with Crippen molar-refractivity contribution < 1.29 is 28.8 Å². The summed E-state index contributed by atoms with van der Waals surface area (Å²) >= 11 is 3.73. The molecule has 3 aromatic carbocycles. The van der Waals surface area contributed by atoms with Crippen molar-refractivity contribution in [2.24, 2.45) is 0 Å². The van der Waals surface area contributed by atoms with Gasteiger partial charge in [-0.05, 0) is 64.7 Å². The van der Waals surface area contributed by atoms with E-state index in [0.29, 0.717) is 45.9 Å². The molecule has 8 nitrogen and oxygen atoms in total.